The van der Waals surface area contributed by atoms with Crippen LogP contribution in [0.15, 0.2) is 36.4 Å². The number of thiol groups is 1. The highest BCUT2D eigenvalue weighted by molar-refractivity contribution is 7.67. The molecular weight excluding hydrogens is 296 g/mol. The molecule has 0 fully saturated rings. The quantitative estimate of drug-likeness (QED) is 0.540. The number of benzene rings is 2. The standard InChI is InChI=1S/C18H24O3S/c1-2-3-4-5-6-7-11-16-14-13-15-10-8-9-12-17(15)18(16)21-22(19)20/h8-10,12-14,22H,2-7,11H2,1H3. The Morgan fingerprint density at radius 2 is 1.64 bits per heavy atom. The van der Waals surface area contributed by atoms with Gasteiger partial charge in [-0.1, -0.05) is 75.4 Å². The van der Waals surface area contributed by atoms with Crippen LogP contribution in [0.4, 0.5) is 0 Å². The van der Waals surface area contributed by atoms with Gasteiger partial charge in [0.15, 0.2) is 5.75 Å². The number of rotatable bonds is 9. The first kappa shape index (κ1) is 16.8. The minimum Gasteiger partial charge on any atom is -0.383 e. The Morgan fingerprint density at radius 3 is 2.41 bits per heavy atom. The summed E-state index contributed by atoms with van der Waals surface area (Å²) in [5.74, 6) is 0.503. The first-order chi connectivity index (χ1) is 10.7. The fourth-order valence-corrected chi connectivity index (χ4v) is 3.13. The fraction of sp³-hybridized carbons (Fsp3) is 0.444. The Hall–Kier alpha value is -1.55. The Bertz CT molecular complexity index is 669. The van der Waals surface area contributed by atoms with E-state index in [2.05, 4.69) is 6.92 Å². The van der Waals surface area contributed by atoms with Crippen molar-refractivity contribution in [3.05, 3.63) is 42.0 Å². The molecule has 4 heteroatoms. The maximum Gasteiger partial charge on any atom is 0.299 e. The summed E-state index contributed by atoms with van der Waals surface area (Å²) < 4.78 is 27.2. The lowest BCUT2D eigenvalue weighted by Gasteiger charge is -2.11. The van der Waals surface area contributed by atoms with Crippen molar-refractivity contribution >= 4 is 21.8 Å². The third-order valence-electron chi connectivity index (χ3n) is 3.93. The van der Waals surface area contributed by atoms with Gasteiger partial charge in [0.1, 0.15) is 0 Å². The molecule has 0 amide bonds. The summed E-state index contributed by atoms with van der Waals surface area (Å²) in [6.07, 6.45) is 8.16. The first-order valence-corrected chi connectivity index (χ1v) is 9.15. The van der Waals surface area contributed by atoms with Gasteiger partial charge in [-0.05, 0) is 23.8 Å². The van der Waals surface area contributed by atoms with Crippen molar-refractivity contribution in [1.29, 1.82) is 0 Å². The second-order valence-corrected chi connectivity index (χ2v) is 6.24. The van der Waals surface area contributed by atoms with Crippen LogP contribution in [-0.4, -0.2) is 8.42 Å². The van der Waals surface area contributed by atoms with E-state index < -0.39 is 11.0 Å². The van der Waals surface area contributed by atoms with Gasteiger partial charge in [-0.15, -0.1) is 0 Å². The predicted octanol–water partition coefficient (Wildman–Crippen LogP) is 4.65. The molecule has 0 radical (unpaired) electrons. The average Bonchev–Trinajstić information content (AvgIpc) is 2.52. The molecule has 0 aliphatic rings. The van der Waals surface area contributed by atoms with E-state index in [0.29, 0.717) is 5.75 Å². The lowest BCUT2D eigenvalue weighted by Crippen LogP contribution is -1.97. The largest absolute Gasteiger partial charge is 0.383 e. The van der Waals surface area contributed by atoms with Crippen LogP contribution in [0, 0.1) is 0 Å². The molecule has 2 rings (SSSR count). The van der Waals surface area contributed by atoms with Gasteiger partial charge in [0, 0.05) is 5.39 Å². The normalized spacial score (nSPS) is 11.2. The second-order valence-electron chi connectivity index (χ2n) is 5.61. The molecular formula is C18H24O3S. The van der Waals surface area contributed by atoms with Gasteiger partial charge in [0.05, 0.1) is 0 Å². The highest BCUT2D eigenvalue weighted by Gasteiger charge is 2.10. The highest BCUT2D eigenvalue weighted by Crippen LogP contribution is 2.31. The topological polar surface area (TPSA) is 43.4 Å². The lowest BCUT2D eigenvalue weighted by molar-refractivity contribution is 0.508. The fourth-order valence-electron chi connectivity index (χ4n) is 2.76. The van der Waals surface area contributed by atoms with E-state index in [9.17, 15) is 8.42 Å². The number of hydrogen-bond donors (Lipinski definition) is 1. The van der Waals surface area contributed by atoms with Gasteiger partial charge in [0.2, 0.25) is 0 Å². The molecule has 2 aromatic rings. The Labute approximate surface area is 134 Å². The van der Waals surface area contributed by atoms with Crippen LogP contribution in [0.2, 0.25) is 0 Å². The second kappa shape index (κ2) is 8.79. The molecule has 0 N–H and O–H groups in total. The van der Waals surface area contributed by atoms with Crippen LogP contribution in [0.5, 0.6) is 5.75 Å². The van der Waals surface area contributed by atoms with Crippen molar-refractivity contribution in [2.45, 2.75) is 51.9 Å². The minimum absolute atomic E-state index is 0.503. The monoisotopic (exact) mass is 320 g/mol. The molecule has 0 heterocycles. The van der Waals surface area contributed by atoms with Crippen molar-refractivity contribution in [2.75, 3.05) is 0 Å². The summed E-state index contributed by atoms with van der Waals surface area (Å²) in [5, 5.41) is 1.87. The molecule has 0 aliphatic carbocycles. The summed E-state index contributed by atoms with van der Waals surface area (Å²) >= 11 is 0. The van der Waals surface area contributed by atoms with E-state index in [1.165, 1.54) is 32.1 Å². The first-order valence-electron chi connectivity index (χ1n) is 8.05. The average molecular weight is 320 g/mol. The molecule has 0 aromatic heterocycles. The van der Waals surface area contributed by atoms with E-state index in [-0.39, 0.29) is 0 Å². The van der Waals surface area contributed by atoms with Crippen LogP contribution in [-0.2, 0) is 17.4 Å². The van der Waals surface area contributed by atoms with Gasteiger partial charge in [-0.25, -0.2) is 0 Å². The van der Waals surface area contributed by atoms with Crippen LogP contribution >= 0.6 is 0 Å². The van der Waals surface area contributed by atoms with Gasteiger partial charge in [-0.3, -0.25) is 0 Å². The predicted molar refractivity (Wildman–Crippen MR) is 92.0 cm³/mol. The van der Waals surface area contributed by atoms with E-state index in [1.807, 2.05) is 36.4 Å². The molecule has 120 valence electrons. The molecule has 0 saturated heterocycles. The Kier molecular flexibility index (Phi) is 6.72. The molecule has 22 heavy (non-hydrogen) atoms. The molecule has 0 unspecified atom stereocenters. The van der Waals surface area contributed by atoms with Crippen molar-refractivity contribution in [2.24, 2.45) is 0 Å². The molecule has 0 spiro atoms. The molecule has 0 saturated carbocycles. The van der Waals surface area contributed by atoms with E-state index in [4.69, 9.17) is 4.18 Å². The van der Waals surface area contributed by atoms with Crippen molar-refractivity contribution in [3.8, 4) is 5.75 Å². The summed E-state index contributed by atoms with van der Waals surface area (Å²) in [4.78, 5) is 0. The van der Waals surface area contributed by atoms with E-state index >= 15 is 0 Å². The maximum absolute atomic E-state index is 11.0. The van der Waals surface area contributed by atoms with Gasteiger partial charge in [0.25, 0.3) is 11.0 Å². The summed E-state index contributed by atoms with van der Waals surface area (Å²) in [6, 6.07) is 11.7. The SMILES string of the molecule is CCCCCCCCc1ccc2ccccc2c1O[SH](=O)=O. The van der Waals surface area contributed by atoms with Crippen molar-refractivity contribution < 1.29 is 12.6 Å². The number of hydrogen-bond acceptors (Lipinski definition) is 3. The zero-order valence-electron chi connectivity index (χ0n) is 13.1. The zero-order chi connectivity index (χ0) is 15.8. The summed E-state index contributed by atoms with van der Waals surface area (Å²) in [7, 11) is -2.89. The van der Waals surface area contributed by atoms with E-state index in [0.717, 1.165) is 29.2 Å². The molecule has 0 aliphatic heterocycles. The Morgan fingerprint density at radius 1 is 0.909 bits per heavy atom. The molecule has 2 aromatic carbocycles. The number of fused-ring (bicyclic) bond motifs is 1. The van der Waals surface area contributed by atoms with Crippen LogP contribution in [0.3, 0.4) is 0 Å². The van der Waals surface area contributed by atoms with Crippen LogP contribution < -0.4 is 4.18 Å². The van der Waals surface area contributed by atoms with Gasteiger partial charge in [-0.2, -0.15) is 8.42 Å². The molecule has 0 atom stereocenters. The van der Waals surface area contributed by atoms with Gasteiger partial charge < -0.3 is 4.18 Å². The van der Waals surface area contributed by atoms with Crippen LogP contribution in [0.25, 0.3) is 10.8 Å². The maximum atomic E-state index is 11.0. The Balaban J connectivity index is 2.11. The summed E-state index contributed by atoms with van der Waals surface area (Å²) in [6.45, 7) is 2.21. The highest BCUT2D eigenvalue weighted by atomic mass is 32.2. The van der Waals surface area contributed by atoms with Crippen molar-refractivity contribution in [3.63, 3.8) is 0 Å². The zero-order valence-corrected chi connectivity index (χ0v) is 14.0. The third-order valence-corrected chi connectivity index (χ3v) is 4.26. The lowest BCUT2D eigenvalue weighted by atomic mass is 10.0. The summed E-state index contributed by atoms with van der Waals surface area (Å²) in [5.41, 5.74) is 0.980. The third kappa shape index (κ3) is 4.73. The van der Waals surface area contributed by atoms with E-state index in [1.54, 1.807) is 0 Å². The smallest absolute Gasteiger partial charge is 0.299 e. The number of unbranched alkanes of at least 4 members (excludes halogenated alkanes) is 5. The van der Waals surface area contributed by atoms with Crippen LogP contribution in [0.1, 0.15) is 51.0 Å². The molecule has 3 nitrogen and oxygen atoms in total. The minimum atomic E-state index is -2.89. The van der Waals surface area contributed by atoms with Crippen molar-refractivity contribution in [1.82, 2.24) is 0 Å². The molecule has 0 bridgehead atoms. The number of aryl methyl sites for hydroxylation is 1. The van der Waals surface area contributed by atoms with Gasteiger partial charge >= 0.3 is 0 Å².